The fourth-order valence-electron chi connectivity index (χ4n) is 2.23. The van der Waals surface area contributed by atoms with Gasteiger partial charge in [-0.1, -0.05) is 12.1 Å². The number of thiophene rings is 1. The second kappa shape index (κ2) is 7.31. The minimum absolute atomic E-state index is 0.0534. The van der Waals surface area contributed by atoms with E-state index in [9.17, 15) is 9.90 Å². The van der Waals surface area contributed by atoms with Gasteiger partial charge in [0.1, 0.15) is 0 Å². The fraction of sp³-hybridized carbons (Fsp3) is 0.353. The topological polar surface area (TPSA) is 55.8 Å². The van der Waals surface area contributed by atoms with Gasteiger partial charge in [0, 0.05) is 4.88 Å². The summed E-state index contributed by atoms with van der Waals surface area (Å²) in [6, 6.07) is 9.31. The molecule has 22 heavy (non-hydrogen) atoms. The third-order valence-electron chi connectivity index (χ3n) is 3.22. The van der Waals surface area contributed by atoms with Crippen LogP contribution in [-0.2, 0) is 11.2 Å². The number of carboxylic acids is 1. The molecule has 1 atom stereocenters. The van der Waals surface area contributed by atoms with Gasteiger partial charge in [-0.3, -0.25) is 4.79 Å². The van der Waals surface area contributed by atoms with Crippen LogP contribution in [0.1, 0.15) is 30.2 Å². The lowest BCUT2D eigenvalue weighted by Crippen LogP contribution is -2.13. The normalized spacial score (nSPS) is 12.2. The molecule has 1 aromatic heterocycles. The van der Waals surface area contributed by atoms with Crippen molar-refractivity contribution in [2.75, 3.05) is 7.11 Å². The van der Waals surface area contributed by atoms with E-state index < -0.39 is 11.9 Å². The van der Waals surface area contributed by atoms with E-state index in [-0.39, 0.29) is 6.10 Å². The van der Waals surface area contributed by atoms with Gasteiger partial charge in [-0.05, 0) is 49.4 Å². The molecule has 0 amide bonds. The molecule has 1 unspecified atom stereocenters. The molecule has 0 fully saturated rings. The van der Waals surface area contributed by atoms with Crippen LogP contribution in [-0.4, -0.2) is 24.3 Å². The molecule has 0 saturated carbocycles. The quantitative estimate of drug-likeness (QED) is 0.839. The van der Waals surface area contributed by atoms with Gasteiger partial charge in [-0.15, -0.1) is 11.3 Å². The molecule has 5 heteroatoms. The number of aliphatic carboxylic acids is 1. The Balaban J connectivity index is 2.23. The van der Waals surface area contributed by atoms with E-state index in [0.29, 0.717) is 17.9 Å². The minimum atomic E-state index is -0.816. The van der Waals surface area contributed by atoms with E-state index in [1.807, 2.05) is 49.6 Å². The van der Waals surface area contributed by atoms with E-state index >= 15 is 0 Å². The van der Waals surface area contributed by atoms with Crippen LogP contribution in [0.5, 0.6) is 11.5 Å². The summed E-state index contributed by atoms with van der Waals surface area (Å²) in [5, 5.41) is 11.4. The van der Waals surface area contributed by atoms with Crippen LogP contribution in [0.3, 0.4) is 0 Å². The third kappa shape index (κ3) is 4.01. The number of ether oxygens (including phenoxy) is 2. The minimum Gasteiger partial charge on any atom is -0.493 e. The molecule has 0 bridgehead atoms. The van der Waals surface area contributed by atoms with Gasteiger partial charge in [0.25, 0.3) is 0 Å². The summed E-state index contributed by atoms with van der Waals surface area (Å²) in [6.07, 6.45) is 0.478. The largest absolute Gasteiger partial charge is 0.493 e. The lowest BCUT2D eigenvalue weighted by Gasteiger charge is -2.16. The highest BCUT2D eigenvalue weighted by Gasteiger charge is 2.22. The molecule has 1 heterocycles. The van der Waals surface area contributed by atoms with Gasteiger partial charge in [0.05, 0.1) is 19.1 Å². The number of carbonyl (C=O) groups is 1. The molecular formula is C17H20O4S. The Morgan fingerprint density at radius 1 is 1.27 bits per heavy atom. The molecule has 0 radical (unpaired) electrons. The van der Waals surface area contributed by atoms with Gasteiger partial charge in [0.15, 0.2) is 11.5 Å². The maximum Gasteiger partial charge on any atom is 0.312 e. The highest BCUT2D eigenvalue weighted by molar-refractivity contribution is 7.10. The van der Waals surface area contributed by atoms with E-state index in [0.717, 1.165) is 10.4 Å². The Morgan fingerprint density at radius 2 is 2.05 bits per heavy atom. The molecule has 2 aromatic rings. The third-order valence-corrected chi connectivity index (χ3v) is 4.20. The first-order valence-corrected chi connectivity index (χ1v) is 7.99. The Kier molecular flexibility index (Phi) is 5.44. The van der Waals surface area contributed by atoms with Crippen LogP contribution in [0.2, 0.25) is 0 Å². The summed E-state index contributed by atoms with van der Waals surface area (Å²) in [7, 11) is 1.58. The van der Waals surface area contributed by atoms with Crippen LogP contribution in [0.15, 0.2) is 35.7 Å². The standard InChI is InChI=1S/C17H20O4S/c1-11(2)21-14-7-6-12(10-15(14)20-3)9-13(17(18)19)16-5-4-8-22-16/h4-8,10-11,13H,9H2,1-3H3,(H,18,19). The average molecular weight is 320 g/mol. The Hall–Kier alpha value is -2.01. The highest BCUT2D eigenvalue weighted by atomic mass is 32.1. The maximum atomic E-state index is 11.5. The Morgan fingerprint density at radius 3 is 2.59 bits per heavy atom. The number of rotatable bonds is 7. The van der Waals surface area contributed by atoms with Gasteiger partial charge in [-0.2, -0.15) is 0 Å². The van der Waals surface area contributed by atoms with E-state index in [1.165, 1.54) is 11.3 Å². The van der Waals surface area contributed by atoms with Gasteiger partial charge in [0.2, 0.25) is 0 Å². The summed E-state index contributed by atoms with van der Waals surface area (Å²) in [5.41, 5.74) is 0.911. The van der Waals surface area contributed by atoms with Crippen LogP contribution in [0.25, 0.3) is 0 Å². The molecule has 2 rings (SSSR count). The summed E-state index contributed by atoms with van der Waals surface area (Å²) in [5.74, 6) is -0.0590. The summed E-state index contributed by atoms with van der Waals surface area (Å²) in [4.78, 5) is 12.4. The van der Waals surface area contributed by atoms with Crippen molar-refractivity contribution in [1.29, 1.82) is 0 Å². The predicted octanol–water partition coefficient (Wildman–Crippen LogP) is 3.95. The molecule has 0 spiro atoms. The smallest absolute Gasteiger partial charge is 0.312 e. The first-order valence-electron chi connectivity index (χ1n) is 7.11. The lowest BCUT2D eigenvalue weighted by atomic mass is 9.97. The molecule has 0 saturated heterocycles. The lowest BCUT2D eigenvalue weighted by molar-refractivity contribution is -0.138. The van der Waals surface area contributed by atoms with Crippen molar-refractivity contribution in [3.8, 4) is 11.5 Å². The SMILES string of the molecule is COc1cc(CC(C(=O)O)c2cccs2)ccc1OC(C)C. The van der Waals surface area contributed by atoms with E-state index in [2.05, 4.69) is 0 Å². The second-order valence-corrected chi connectivity index (χ2v) is 6.24. The molecular weight excluding hydrogens is 300 g/mol. The number of hydrogen-bond donors (Lipinski definition) is 1. The second-order valence-electron chi connectivity index (χ2n) is 5.26. The zero-order valence-electron chi connectivity index (χ0n) is 12.9. The van der Waals surface area contributed by atoms with Gasteiger partial charge < -0.3 is 14.6 Å². The molecule has 0 aliphatic heterocycles. The first-order chi connectivity index (χ1) is 10.5. The molecule has 1 N–H and O–H groups in total. The maximum absolute atomic E-state index is 11.5. The van der Waals surface area contributed by atoms with Gasteiger partial charge >= 0.3 is 5.97 Å². The predicted molar refractivity (Wildman–Crippen MR) is 87.2 cm³/mol. The number of methoxy groups -OCH3 is 1. The zero-order valence-corrected chi connectivity index (χ0v) is 13.7. The number of benzene rings is 1. The average Bonchev–Trinajstić information content (AvgIpc) is 2.99. The Labute approximate surface area is 134 Å². The van der Waals surface area contributed by atoms with Crippen molar-refractivity contribution in [2.24, 2.45) is 0 Å². The van der Waals surface area contributed by atoms with Crippen LogP contribution in [0, 0.1) is 0 Å². The summed E-state index contributed by atoms with van der Waals surface area (Å²) >= 11 is 1.46. The summed E-state index contributed by atoms with van der Waals surface area (Å²) < 4.78 is 11.0. The van der Waals surface area contributed by atoms with Gasteiger partial charge in [-0.25, -0.2) is 0 Å². The van der Waals surface area contributed by atoms with Crippen molar-refractivity contribution in [3.05, 3.63) is 46.2 Å². The number of hydrogen-bond acceptors (Lipinski definition) is 4. The van der Waals surface area contributed by atoms with Crippen molar-refractivity contribution in [2.45, 2.75) is 32.3 Å². The summed E-state index contributed by atoms with van der Waals surface area (Å²) in [6.45, 7) is 3.90. The zero-order chi connectivity index (χ0) is 16.1. The molecule has 0 aliphatic rings. The highest BCUT2D eigenvalue weighted by Crippen LogP contribution is 2.32. The molecule has 0 aliphatic carbocycles. The van der Waals surface area contributed by atoms with Crippen LogP contribution >= 0.6 is 11.3 Å². The molecule has 1 aromatic carbocycles. The van der Waals surface area contributed by atoms with E-state index in [1.54, 1.807) is 7.11 Å². The fourth-order valence-corrected chi connectivity index (χ4v) is 3.04. The van der Waals surface area contributed by atoms with Crippen molar-refractivity contribution in [3.63, 3.8) is 0 Å². The van der Waals surface area contributed by atoms with Crippen molar-refractivity contribution < 1.29 is 19.4 Å². The van der Waals surface area contributed by atoms with E-state index in [4.69, 9.17) is 9.47 Å². The number of carboxylic acid groups (broad SMARTS) is 1. The van der Waals surface area contributed by atoms with Crippen LogP contribution in [0.4, 0.5) is 0 Å². The van der Waals surface area contributed by atoms with Crippen molar-refractivity contribution >= 4 is 17.3 Å². The monoisotopic (exact) mass is 320 g/mol. The Bertz CT molecular complexity index is 620. The molecule has 118 valence electrons. The van der Waals surface area contributed by atoms with Crippen LogP contribution < -0.4 is 9.47 Å². The first kappa shape index (κ1) is 16.4. The van der Waals surface area contributed by atoms with Crippen molar-refractivity contribution in [1.82, 2.24) is 0 Å². The molecule has 4 nitrogen and oxygen atoms in total.